The molecule has 0 aliphatic rings. The van der Waals surface area contributed by atoms with Crippen molar-refractivity contribution in [3.8, 4) is 0 Å². The minimum absolute atomic E-state index is 0.110. The van der Waals surface area contributed by atoms with Gasteiger partial charge in [0.15, 0.2) is 0 Å². The predicted molar refractivity (Wildman–Crippen MR) is 75.8 cm³/mol. The van der Waals surface area contributed by atoms with Crippen LogP contribution in [0.15, 0.2) is 18.2 Å². The molecule has 0 aliphatic carbocycles. The Morgan fingerprint density at radius 3 is 2.48 bits per heavy atom. The fraction of sp³-hybridized carbons (Fsp3) is 0.333. The molecule has 0 unspecified atom stereocenters. The van der Waals surface area contributed by atoms with E-state index in [-0.39, 0.29) is 11.6 Å². The van der Waals surface area contributed by atoms with Gasteiger partial charge in [-0.25, -0.2) is 4.79 Å². The molecular formula is C12H16FN5O3. The highest BCUT2D eigenvalue weighted by Crippen LogP contribution is 2.20. The first kappa shape index (κ1) is 16.3. The molecule has 0 bridgehead atoms. The quantitative estimate of drug-likeness (QED) is 0.289. The number of guanidine groups is 1. The smallest absolute Gasteiger partial charge is 0.321 e. The molecule has 1 rings (SSSR count). The molecule has 9 heteroatoms. The molecule has 1 aromatic rings. The maximum atomic E-state index is 13.4. The van der Waals surface area contributed by atoms with E-state index in [4.69, 9.17) is 5.41 Å². The Morgan fingerprint density at radius 1 is 1.38 bits per heavy atom. The first-order valence-electron chi connectivity index (χ1n) is 5.97. The van der Waals surface area contributed by atoms with Gasteiger partial charge in [0.2, 0.25) is 11.8 Å². The highest BCUT2D eigenvalue weighted by Gasteiger charge is 2.16. The van der Waals surface area contributed by atoms with E-state index in [1.54, 1.807) is 20.8 Å². The molecule has 114 valence electrons. The number of anilines is 1. The molecular weight excluding hydrogens is 281 g/mol. The second-order valence-electron chi connectivity index (χ2n) is 5.25. The predicted octanol–water partition coefficient (Wildman–Crippen LogP) is 2.18. The summed E-state index contributed by atoms with van der Waals surface area (Å²) in [5.74, 6) is -1.41. The maximum absolute atomic E-state index is 13.4. The average molecular weight is 297 g/mol. The van der Waals surface area contributed by atoms with Gasteiger partial charge in [-0.2, -0.15) is 4.39 Å². The summed E-state index contributed by atoms with van der Waals surface area (Å²) in [7, 11) is 0. The van der Waals surface area contributed by atoms with E-state index in [9.17, 15) is 19.3 Å². The number of halogens is 1. The average Bonchev–Trinajstić information content (AvgIpc) is 2.24. The summed E-state index contributed by atoms with van der Waals surface area (Å²) in [6.45, 7) is 5.32. The number of nitro groups is 1. The number of carbonyl (C=O) groups excluding carboxylic acids is 1. The molecule has 0 radical (unpaired) electrons. The standard InChI is InChI=1S/C12H16FN5O3/c1-12(2,3)17-11(19)16-10(14)15-7-4-5-9(18(20)21)8(13)6-7/h4-6H,1-3H3,(H4,14,15,16,17,19). The van der Waals surface area contributed by atoms with Crippen molar-refractivity contribution in [1.29, 1.82) is 5.41 Å². The van der Waals surface area contributed by atoms with Crippen molar-refractivity contribution in [2.24, 2.45) is 0 Å². The van der Waals surface area contributed by atoms with Crippen LogP contribution in [0.25, 0.3) is 0 Å². The Labute approximate surface area is 120 Å². The van der Waals surface area contributed by atoms with E-state index in [2.05, 4.69) is 16.0 Å². The largest absolute Gasteiger partial charge is 0.333 e. The zero-order valence-corrected chi connectivity index (χ0v) is 11.8. The first-order valence-corrected chi connectivity index (χ1v) is 5.97. The van der Waals surface area contributed by atoms with Crippen LogP contribution < -0.4 is 16.0 Å². The third-order valence-corrected chi connectivity index (χ3v) is 2.14. The van der Waals surface area contributed by atoms with Crippen LogP contribution >= 0.6 is 0 Å². The molecule has 0 fully saturated rings. The molecule has 0 atom stereocenters. The normalized spacial score (nSPS) is 10.7. The summed E-state index contributed by atoms with van der Waals surface area (Å²) in [5, 5.41) is 25.2. The van der Waals surface area contributed by atoms with Crippen molar-refractivity contribution in [3.05, 3.63) is 34.1 Å². The van der Waals surface area contributed by atoms with Crippen molar-refractivity contribution < 1.29 is 14.1 Å². The number of hydrogen-bond donors (Lipinski definition) is 4. The summed E-state index contributed by atoms with van der Waals surface area (Å²) in [4.78, 5) is 21.1. The SMILES string of the molecule is CC(C)(C)NC(=O)NC(=N)Nc1ccc([N+](=O)[O-])c(F)c1. The molecule has 0 saturated carbocycles. The van der Waals surface area contributed by atoms with Crippen LogP contribution in [-0.2, 0) is 0 Å². The number of carbonyl (C=O) groups is 1. The molecule has 1 aromatic carbocycles. The lowest BCUT2D eigenvalue weighted by Crippen LogP contribution is -2.49. The third kappa shape index (κ3) is 5.43. The highest BCUT2D eigenvalue weighted by molar-refractivity contribution is 6.02. The van der Waals surface area contributed by atoms with E-state index in [1.165, 1.54) is 6.07 Å². The van der Waals surface area contributed by atoms with Gasteiger partial charge >= 0.3 is 11.7 Å². The summed E-state index contributed by atoms with van der Waals surface area (Å²) in [6.07, 6.45) is 0. The molecule has 8 nitrogen and oxygen atoms in total. The summed E-state index contributed by atoms with van der Waals surface area (Å²) in [5.41, 5.74) is -1.02. The number of nitrogens with one attached hydrogen (secondary N) is 4. The summed E-state index contributed by atoms with van der Waals surface area (Å²) in [6, 6.07) is 2.48. The monoisotopic (exact) mass is 297 g/mol. The van der Waals surface area contributed by atoms with Crippen molar-refractivity contribution in [1.82, 2.24) is 10.6 Å². The second-order valence-corrected chi connectivity index (χ2v) is 5.25. The van der Waals surface area contributed by atoms with Crippen molar-refractivity contribution >= 4 is 23.4 Å². The van der Waals surface area contributed by atoms with Crippen LogP contribution in [0, 0.1) is 21.3 Å². The van der Waals surface area contributed by atoms with Gasteiger partial charge < -0.3 is 10.6 Å². The Hall–Kier alpha value is -2.71. The number of benzene rings is 1. The molecule has 0 saturated heterocycles. The third-order valence-electron chi connectivity index (χ3n) is 2.14. The minimum atomic E-state index is -1.03. The fourth-order valence-electron chi connectivity index (χ4n) is 1.39. The van der Waals surface area contributed by atoms with E-state index < -0.39 is 28.0 Å². The van der Waals surface area contributed by atoms with E-state index in [0.717, 1.165) is 12.1 Å². The number of nitrogens with zero attached hydrogens (tertiary/aromatic N) is 1. The number of nitro benzene ring substituents is 1. The van der Waals surface area contributed by atoms with E-state index in [1.807, 2.05) is 0 Å². The van der Waals surface area contributed by atoms with Crippen LogP contribution in [0.5, 0.6) is 0 Å². The van der Waals surface area contributed by atoms with Gasteiger partial charge in [-0.05, 0) is 26.8 Å². The van der Waals surface area contributed by atoms with Gasteiger partial charge in [0.05, 0.1) is 4.92 Å². The lowest BCUT2D eigenvalue weighted by molar-refractivity contribution is -0.387. The van der Waals surface area contributed by atoms with E-state index in [0.29, 0.717) is 0 Å². The van der Waals surface area contributed by atoms with Crippen LogP contribution in [0.1, 0.15) is 20.8 Å². The molecule has 21 heavy (non-hydrogen) atoms. The zero-order valence-electron chi connectivity index (χ0n) is 11.8. The number of urea groups is 1. The maximum Gasteiger partial charge on any atom is 0.321 e. The topological polar surface area (TPSA) is 120 Å². The molecule has 0 aromatic heterocycles. The van der Waals surface area contributed by atoms with Crippen molar-refractivity contribution in [2.75, 3.05) is 5.32 Å². The van der Waals surface area contributed by atoms with Crippen LogP contribution in [-0.4, -0.2) is 22.5 Å². The van der Waals surface area contributed by atoms with Crippen molar-refractivity contribution in [2.45, 2.75) is 26.3 Å². The summed E-state index contributed by atoms with van der Waals surface area (Å²) < 4.78 is 13.4. The van der Waals surface area contributed by atoms with E-state index >= 15 is 0 Å². The van der Waals surface area contributed by atoms with Crippen molar-refractivity contribution in [3.63, 3.8) is 0 Å². The Bertz CT molecular complexity index is 583. The van der Waals surface area contributed by atoms with Gasteiger partial charge in [0.1, 0.15) is 0 Å². The van der Waals surface area contributed by atoms with Gasteiger partial charge in [0.25, 0.3) is 0 Å². The minimum Gasteiger partial charge on any atom is -0.333 e. The molecule has 0 spiro atoms. The van der Waals surface area contributed by atoms with Crippen LogP contribution in [0.2, 0.25) is 0 Å². The van der Waals surface area contributed by atoms with Gasteiger partial charge in [-0.3, -0.25) is 20.8 Å². The fourth-order valence-corrected chi connectivity index (χ4v) is 1.39. The Morgan fingerprint density at radius 2 is 2.00 bits per heavy atom. The highest BCUT2D eigenvalue weighted by atomic mass is 19.1. The lowest BCUT2D eigenvalue weighted by Gasteiger charge is -2.21. The molecule has 4 N–H and O–H groups in total. The van der Waals surface area contributed by atoms with Crippen LogP contribution in [0.4, 0.5) is 20.6 Å². The lowest BCUT2D eigenvalue weighted by atomic mass is 10.1. The molecule has 0 heterocycles. The second kappa shape index (κ2) is 6.16. The zero-order chi connectivity index (χ0) is 16.2. The number of rotatable bonds is 2. The molecule has 2 amide bonds. The first-order chi connectivity index (χ1) is 9.58. The molecule has 0 aliphatic heterocycles. The van der Waals surface area contributed by atoms with Gasteiger partial charge in [-0.1, -0.05) is 0 Å². The van der Waals surface area contributed by atoms with Crippen LogP contribution in [0.3, 0.4) is 0 Å². The number of hydrogen-bond acceptors (Lipinski definition) is 4. The summed E-state index contributed by atoms with van der Waals surface area (Å²) >= 11 is 0. The van der Waals surface area contributed by atoms with Gasteiger partial charge in [-0.15, -0.1) is 0 Å². The Balaban J connectivity index is 2.65. The Kier molecular flexibility index (Phi) is 4.79. The number of amides is 2. The van der Waals surface area contributed by atoms with Gasteiger partial charge in [0, 0.05) is 23.4 Å².